The Morgan fingerprint density at radius 1 is 1.29 bits per heavy atom. The third-order valence-corrected chi connectivity index (χ3v) is 4.29. The van der Waals surface area contributed by atoms with E-state index in [2.05, 4.69) is 46.4 Å². The minimum atomic E-state index is 0.255. The van der Waals surface area contributed by atoms with Gasteiger partial charge < -0.3 is 14.5 Å². The Labute approximate surface area is 133 Å². The molecule has 0 fully saturated rings. The lowest BCUT2D eigenvalue weighted by molar-refractivity contribution is 0.356. The van der Waals surface area contributed by atoms with Gasteiger partial charge in [0.15, 0.2) is 4.67 Å². The molecule has 21 heavy (non-hydrogen) atoms. The number of furan rings is 1. The van der Waals surface area contributed by atoms with Crippen LogP contribution in [0.5, 0.6) is 5.75 Å². The molecule has 0 amide bonds. The summed E-state index contributed by atoms with van der Waals surface area (Å²) in [5.41, 5.74) is 2.71. The number of benzene rings is 1. The van der Waals surface area contributed by atoms with E-state index in [1.165, 1.54) is 11.1 Å². The molecule has 0 spiro atoms. The predicted molar refractivity (Wildman–Crippen MR) is 86.8 cm³/mol. The predicted octanol–water partition coefficient (Wildman–Crippen LogP) is 4.26. The van der Waals surface area contributed by atoms with Crippen molar-refractivity contribution in [3.63, 3.8) is 0 Å². The molecule has 2 aromatic rings. The minimum absolute atomic E-state index is 0.255. The summed E-state index contributed by atoms with van der Waals surface area (Å²) >= 11 is 3.37. The average molecular weight is 350 g/mol. The number of halogens is 1. The highest BCUT2D eigenvalue weighted by atomic mass is 79.9. The second kappa shape index (κ2) is 6.67. The van der Waals surface area contributed by atoms with Gasteiger partial charge in [-0.2, -0.15) is 0 Å². The Hall–Kier alpha value is -1.26. The zero-order chi connectivity index (χ0) is 14.7. The first-order chi connectivity index (χ1) is 10.3. The summed E-state index contributed by atoms with van der Waals surface area (Å²) in [4.78, 5) is 0. The summed E-state index contributed by atoms with van der Waals surface area (Å²) in [6.07, 6.45) is 3.08. The zero-order valence-corrected chi connectivity index (χ0v) is 13.8. The second-order valence-electron chi connectivity index (χ2n) is 5.33. The third kappa shape index (κ3) is 3.50. The standard InChI is InChI=1S/C17H20BrNO2/c1-2-19-14(16-7-8-17(18)21-16)5-3-12-4-6-15-13(11-12)9-10-20-15/h4,6-8,11,14,19H,2-3,5,9-10H2,1H3. The third-order valence-electron chi connectivity index (χ3n) is 3.86. The van der Waals surface area contributed by atoms with E-state index in [9.17, 15) is 0 Å². The van der Waals surface area contributed by atoms with Gasteiger partial charge in [-0.15, -0.1) is 0 Å². The Kier molecular flexibility index (Phi) is 4.66. The van der Waals surface area contributed by atoms with Crippen molar-refractivity contribution in [3.8, 4) is 5.75 Å². The van der Waals surface area contributed by atoms with Crippen molar-refractivity contribution in [2.24, 2.45) is 0 Å². The van der Waals surface area contributed by atoms with Crippen molar-refractivity contribution < 1.29 is 9.15 Å². The highest BCUT2D eigenvalue weighted by Gasteiger charge is 2.16. The monoisotopic (exact) mass is 349 g/mol. The second-order valence-corrected chi connectivity index (χ2v) is 6.11. The maximum Gasteiger partial charge on any atom is 0.169 e. The van der Waals surface area contributed by atoms with Gasteiger partial charge in [-0.25, -0.2) is 0 Å². The van der Waals surface area contributed by atoms with Crippen LogP contribution in [-0.4, -0.2) is 13.2 Å². The Bertz CT molecular complexity index is 609. The molecule has 0 saturated heterocycles. The van der Waals surface area contributed by atoms with Crippen LogP contribution in [0.1, 0.15) is 36.3 Å². The van der Waals surface area contributed by atoms with E-state index >= 15 is 0 Å². The van der Waals surface area contributed by atoms with E-state index in [4.69, 9.17) is 9.15 Å². The van der Waals surface area contributed by atoms with Gasteiger partial charge in [-0.3, -0.25) is 0 Å². The molecule has 1 unspecified atom stereocenters. The minimum Gasteiger partial charge on any atom is -0.493 e. The maximum absolute atomic E-state index is 5.69. The molecule has 112 valence electrons. The van der Waals surface area contributed by atoms with Crippen molar-refractivity contribution in [2.75, 3.05) is 13.2 Å². The van der Waals surface area contributed by atoms with E-state index < -0.39 is 0 Å². The highest BCUT2D eigenvalue weighted by molar-refractivity contribution is 9.10. The normalized spacial score (nSPS) is 14.8. The molecule has 4 heteroatoms. The number of fused-ring (bicyclic) bond motifs is 1. The van der Waals surface area contributed by atoms with E-state index in [1.807, 2.05) is 12.1 Å². The lowest BCUT2D eigenvalue weighted by Crippen LogP contribution is -2.21. The number of aryl methyl sites for hydroxylation is 1. The first-order valence-corrected chi connectivity index (χ1v) is 8.29. The molecule has 3 rings (SSSR count). The molecule has 2 heterocycles. The molecule has 1 aromatic carbocycles. The smallest absolute Gasteiger partial charge is 0.169 e. The van der Waals surface area contributed by atoms with Gasteiger partial charge in [0.05, 0.1) is 12.6 Å². The molecule has 0 saturated carbocycles. The number of hydrogen-bond donors (Lipinski definition) is 1. The molecular formula is C17H20BrNO2. The summed E-state index contributed by atoms with van der Waals surface area (Å²) in [5.74, 6) is 2.05. The Morgan fingerprint density at radius 3 is 2.95 bits per heavy atom. The summed E-state index contributed by atoms with van der Waals surface area (Å²) in [5, 5.41) is 3.50. The van der Waals surface area contributed by atoms with Gasteiger partial charge >= 0.3 is 0 Å². The van der Waals surface area contributed by atoms with Crippen LogP contribution < -0.4 is 10.1 Å². The number of hydrogen-bond acceptors (Lipinski definition) is 3. The van der Waals surface area contributed by atoms with Crippen LogP contribution in [0.25, 0.3) is 0 Å². The average Bonchev–Trinajstić information content (AvgIpc) is 3.11. The number of ether oxygens (including phenoxy) is 1. The Balaban J connectivity index is 1.66. The topological polar surface area (TPSA) is 34.4 Å². The van der Waals surface area contributed by atoms with Gasteiger partial charge in [0.25, 0.3) is 0 Å². The van der Waals surface area contributed by atoms with Crippen LogP contribution in [0.2, 0.25) is 0 Å². The molecule has 1 aliphatic rings. The first kappa shape index (κ1) is 14.7. The fraction of sp³-hybridized carbons (Fsp3) is 0.412. The zero-order valence-electron chi connectivity index (χ0n) is 12.2. The van der Waals surface area contributed by atoms with E-state index in [0.29, 0.717) is 0 Å². The van der Waals surface area contributed by atoms with E-state index in [-0.39, 0.29) is 6.04 Å². The molecule has 1 atom stereocenters. The van der Waals surface area contributed by atoms with Crippen molar-refractivity contribution in [1.29, 1.82) is 0 Å². The first-order valence-electron chi connectivity index (χ1n) is 7.49. The van der Waals surface area contributed by atoms with Gasteiger partial charge in [0.1, 0.15) is 11.5 Å². The van der Waals surface area contributed by atoms with Crippen molar-refractivity contribution in [3.05, 3.63) is 51.9 Å². The maximum atomic E-state index is 5.69. The molecular weight excluding hydrogens is 330 g/mol. The van der Waals surface area contributed by atoms with Crippen LogP contribution in [0, 0.1) is 0 Å². The quantitative estimate of drug-likeness (QED) is 0.845. The van der Waals surface area contributed by atoms with Crippen molar-refractivity contribution in [1.82, 2.24) is 5.32 Å². The van der Waals surface area contributed by atoms with Gasteiger partial charge in [-0.05, 0) is 64.6 Å². The van der Waals surface area contributed by atoms with Crippen LogP contribution in [-0.2, 0) is 12.8 Å². The summed E-state index contributed by atoms with van der Waals surface area (Å²) < 4.78 is 12.0. The molecule has 1 N–H and O–H groups in total. The van der Waals surface area contributed by atoms with Crippen LogP contribution in [0.4, 0.5) is 0 Å². The molecule has 0 bridgehead atoms. The lowest BCUT2D eigenvalue weighted by atomic mass is 10.0. The summed E-state index contributed by atoms with van der Waals surface area (Å²) in [6, 6.07) is 10.8. The fourth-order valence-corrected chi connectivity index (χ4v) is 3.13. The molecule has 0 aliphatic carbocycles. The van der Waals surface area contributed by atoms with Crippen molar-refractivity contribution in [2.45, 2.75) is 32.2 Å². The summed E-state index contributed by atoms with van der Waals surface area (Å²) in [7, 11) is 0. The van der Waals surface area contributed by atoms with Crippen molar-refractivity contribution >= 4 is 15.9 Å². The number of rotatable bonds is 6. The molecule has 1 aromatic heterocycles. The fourth-order valence-electron chi connectivity index (χ4n) is 2.81. The lowest BCUT2D eigenvalue weighted by Gasteiger charge is -2.15. The van der Waals surface area contributed by atoms with Crippen LogP contribution in [0.3, 0.4) is 0 Å². The van der Waals surface area contributed by atoms with Gasteiger partial charge in [0.2, 0.25) is 0 Å². The molecule has 3 nitrogen and oxygen atoms in total. The highest BCUT2D eigenvalue weighted by Crippen LogP contribution is 2.28. The SMILES string of the molecule is CCNC(CCc1ccc2c(c1)CCO2)c1ccc(Br)o1. The van der Waals surface area contributed by atoms with Gasteiger partial charge in [-0.1, -0.05) is 19.1 Å². The van der Waals surface area contributed by atoms with Crippen LogP contribution in [0.15, 0.2) is 39.4 Å². The van der Waals surface area contributed by atoms with Gasteiger partial charge in [0, 0.05) is 6.42 Å². The Morgan fingerprint density at radius 2 is 2.19 bits per heavy atom. The molecule has 1 aliphatic heterocycles. The van der Waals surface area contributed by atoms with Crippen LogP contribution >= 0.6 is 15.9 Å². The summed E-state index contributed by atoms with van der Waals surface area (Å²) in [6.45, 7) is 3.87. The number of nitrogens with one attached hydrogen (secondary N) is 1. The van der Waals surface area contributed by atoms with E-state index in [0.717, 1.165) is 48.6 Å². The van der Waals surface area contributed by atoms with E-state index in [1.54, 1.807) is 0 Å². The largest absolute Gasteiger partial charge is 0.493 e. The molecule has 0 radical (unpaired) electrons.